The minimum atomic E-state index is -0.283. The second-order valence-electron chi connectivity index (χ2n) is 7.90. The maximum Gasteiger partial charge on any atom is 0.410 e. The van der Waals surface area contributed by atoms with Crippen molar-refractivity contribution in [3.63, 3.8) is 0 Å². The van der Waals surface area contributed by atoms with Gasteiger partial charge in [-0.05, 0) is 41.3 Å². The van der Waals surface area contributed by atoms with E-state index in [1.165, 1.54) is 5.57 Å². The third-order valence-electron chi connectivity index (χ3n) is 5.82. The molecular formula is C27H23ClN2O2. The molecule has 0 atom stereocenters. The molecule has 0 radical (unpaired) electrons. The first kappa shape index (κ1) is 20.4. The Morgan fingerprint density at radius 1 is 1.00 bits per heavy atom. The van der Waals surface area contributed by atoms with Gasteiger partial charge in [0.1, 0.15) is 6.61 Å². The second kappa shape index (κ2) is 8.93. The molecule has 4 aromatic rings. The van der Waals surface area contributed by atoms with Crippen LogP contribution in [0.2, 0.25) is 5.02 Å². The third-order valence-corrected chi connectivity index (χ3v) is 6.05. The summed E-state index contributed by atoms with van der Waals surface area (Å²) in [6.07, 6.45) is 2.59. The topological polar surface area (TPSA) is 45.3 Å². The van der Waals surface area contributed by atoms with Gasteiger partial charge in [0.2, 0.25) is 0 Å². The van der Waals surface area contributed by atoms with E-state index in [0.29, 0.717) is 18.1 Å². The van der Waals surface area contributed by atoms with Gasteiger partial charge in [-0.15, -0.1) is 0 Å². The van der Waals surface area contributed by atoms with Gasteiger partial charge in [0.15, 0.2) is 0 Å². The van der Waals surface area contributed by atoms with E-state index in [-0.39, 0.29) is 12.7 Å². The van der Waals surface area contributed by atoms with Crippen LogP contribution in [0.4, 0.5) is 4.79 Å². The van der Waals surface area contributed by atoms with E-state index in [0.717, 1.165) is 39.7 Å². The molecule has 5 heteroatoms. The van der Waals surface area contributed by atoms with Gasteiger partial charge in [-0.1, -0.05) is 78.3 Å². The molecule has 1 N–H and O–H groups in total. The Morgan fingerprint density at radius 3 is 2.47 bits per heavy atom. The van der Waals surface area contributed by atoms with Crippen molar-refractivity contribution in [3.8, 4) is 11.3 Å². The molecule has 32 heavy (non-hydrogen) atoms. The lowest BCUT2D eigenvalue weighted by Crippen LogP contribution is -2.35. The van der Waals surface area contributed by atoms with E-state index in [1.807, 2.05) is 66.7 Å². The van der Waals surface area contributed by atoms with E-state index >= 15 is 0 Å². The van der Waals surface area contributed by atoms with Crippen molar-refractivity contribution in [3.05, 3.63) is 101 Å². The number of benzene rings is 3. The number of aromatic nitrogens is 1. The fourth-order valence-corrected chi connectivity index (χ4v) is 4.36. The lowest BCUT2D eigenvalue weighted by Gasteiger charge is -2.26. The molecule has 0 unspecified atom stereocenters. The number of amides is 1. The molecule has 0 bridgehead atoms. The Balaban J connectivity index is 1.40. The van der Waals surface area contributed by atoms with E-state index in [9.17, 15) is 4.79 Å². The molecule has 0 aliphatic carbocycles. The number of aromatic amines is 1. The molecule has 0 fully saturated rings. The average molecular weight is 443 g/mol. The lowest BCUT2D eigenvalue weighted by atomic mass is 9.94. The molecule has 1 aliphatic rings. The first-order valence-electron chi connectivity index (χ1n) is 10.7. The number of carbonyl (C=O) groups excluding carboxylic acids is 1. The largest absolute Gasteiger partial charge is 0.445 e. The number of nitrogens with one attached hydrogen (secondary N) is 1. The van der Waals surface area contributed by atoms with E-state index in [2.05, 4.69) is 23.2 Å². The summed E-state index contributed by atoms with van der Waals surface area (Å²) in [5, 5.41) is 1.81. The van der Waals surface area contributed by atoms with E-state index in [1.54, 1.807) is 4.90 Å². The Morgan fingerprint density at radius 2 is 1.75 bits per heavy atom. The van der Waals surface area contributed by atoms with Gasteiger partial charge in [-0.3, -0.25) is 0 Å². The highest BCUT2D eigenvalue weighted by Gasteiger charge is 2.23. The number of rotatable bonds is 4. The van der Waals surface area contributed by atoms with Crippen LogP contribution in [-0.2, 0) is 11.3 Å². The Labute approximate surface area is 192 Å². The number of halogens is 1. The van der Waals surface area contributed by atoms with Gasteiger partial charge in [0.05, 0.1) is 5.69 Å². The van der Waals surface area contributed by atoms with Crippen LogP contribution in [0.3, 0.4) is 0 Å². The van der Waals surface area contributed by atoms with Crippen LogP contribution < -0.4 is 0 Å². The molecule has 1 aromatic heterocycles. The van der Waals surface area contributed by atoms with Gasteiger partial charge >= 0.3 is 6.09 Å². The molecule has 0 saturated heterocycles. The van der Waals surface area contributed by atoms with Gasteiger partial charge in [0, 0.05) is 34.6 Å². The summed E-state index contributed by atoms with van der Waals surface area (Å²) in [5.74, 6) is 0. The number of ether oxygens (including phenoxy) is 1. The van der Waals surface area contributed by atoms with E-state index < -0.39 is 0 Å². The average Bonchev–Trinajstić information content (AvgIpc) is 3.22. The van der Waals surface area contributed by atoms with Crippen molar-refractivity contribution in [2.24, 2.45) is 0 Å². The predicted molar refractivity (Wildman–Crippen MR) is 130 cm³/mol. The highest BCUT2D eigenvalue weighted by Crippen LogP contribution is 2.38. The fourth-order valence-electron chi connectivity index (χ4n) is 4.19. The standard InChI is InChI=1S/C27H23ClN2O2/c28-22-11-12-24-23(17-22)25(26(29-24)21-9-5-2-6-10-21)20-13-15-30(16-14-20)27(31)32-18-19-7-3-1-4-8-19/h1-13,17,29H,14-16,18H2. The van der Waals surface area contributed by atoms with Crippen molar-refractivity contribution in [2.75, 3.05) is 13.1 Å². The number of hydrogen-bond donors (Lipinski definition) is 1. The maximum absolute atomic E-state index is 12.6. The van der Waals surface area contributed by atoms with Crippen LogP contribution in [0.15, 0.2) is 84.9 Å². The summed E-state index contributed by atoms with van der Waals surface area (Å²) in [5.41, 5.74) is 6.61. The summed E-state index contributed by atoms with van der Waals surface area (Å²) in [6, 6.07) is 26.0. The van der Waals surface area contributed by atoms with Crippen LogP contribution in [-0.4, -0.2) is 29.1 Å². The first-order valence-corrected chi connectivity index (χ1v) is 11.1. The molecule has 160 valence electrons. The summed E-state index contributed by atoms with van der Waals surface area (Å²) in [6.45, 7) is 1.41. The minimum absolute atomic E-state index is 0.283. The highest BCUT2D eigenvalue weighted by molar-refractivity contribution is 6.31. The molecule has 4 nitrogen and oxygen atoms in total. The fraction of sp³-hybridized carbons (Fsp3) is 0.148. The van der Waals surface area contributed by atoms with Crippen molar-refractivity contribution in [2.45, 2.75) is 13.0 Å². The zero-order valence-corrected chi connectivity index (χ0v) is 18.3. The molecule has 3 aromatic carbocycles. The van der Waals surface area contributed by atoms with Crippen molar-refractivity contribution in [1.29, 1.82) is 0 Å². The van der Waals surface area contributed by atoms with Crippen LogP contribution in [0.25, 0.3) is 27.7 Å². The Bertz CT molecular complexity index is 1280. The van der Waals surface area contributed by atoms with Gasteiger partial charge in [-0.25, -0.2) is 4.79 Å². The zero-order chi connectivity index (χ0) is 21.9. The minimum Gasteiger partial charge on any atom is -0.445 e. The summed E-state index contributed by atoms with van der Waals surface area (Å²) < 4.78 is 5.51. The van der Waals surface area contributed by atoms with Gasteiger partial charge in [-0.2, -0.15) is 0 Å². The van der Waals surface area contributed by atoms with Gasteiger partial charge < -0.3 is 14.6 Å². The van der Waals surface area contributed by atoms with Crippen LogP contribution in [0.5, 0.6) is 0 Å². The monoisotopic (exact) mass is 442 g/mol. The second-order valence-corrected chi connectivity index (χ2v) is 8.33. The van der Waals surface area contributed by atoms with Crippen LogP contribution >= 0.6 is 11.6 Å². The first-order chi connectivity index (χ1) is 15.7. The SMILES string of the molecule is O=C(OCc1ccccc1)N1CC=C(c2c(-c3ccccc3)[nH]c3ccc(Cl)cc23)CC1. The Hall–Kier alpha value is -3.50. The molecule has 0 spiro atoms. The summed E-state index contributed by atoms with van der Waals surface area (Å²) in [4.78, 5) is 17.9. The summed E-state index contributed by atoms with van der Waals surface area (Å²) >= 11 is 6.33. The third kappa shape index (κ3) is 4.14. The van der Waals surface area contributed by atoms with Gasteiger partial charge in [0.25, 0.3) is 0 Å². The molecule has 1 aliphatic heterocycles. The predicted octanol–water partition coefficient (Wildman–Crippen LogP) is 6.91. The maximum atomic E-state index is 12.6. The molecular weight excluding hydrogens is 420 g/mol. The number of fused-ring (bicyclic) bond motifs is 1. The number of hydrogen-bond acceptors (Lipinski definition) is 2. The Kier molecular flexibility index (Phi) is 5.70. The molecule has 2 heterocycles. The zero-order valence-electron chi connectivity index (χ0n) is 17.6. The quantitative estimate of drug-likeness (QED) is 0.373. The molecule has 1 amide bonds. The number of carbonyl (C=O) groups is 1. The molecule has 5 rings (SSSR count). The molecule has 0 saturated carbocycles. The smallest absolute Gasteiger partial charge is 0.410 e. The van der Waals surface area contributed by atoms with Crippen molar-refractivity contribution < 1.29 is 9.53 Å². The number of nitrogens with zero attached hydrogens (tertiary/aromatic N) is 1. The lowest BCUT2D eigenvalue weighted by molar-refractivity contribution is 0.0998. The normalized spacial score (nSPS) is 13.8. The summed E-state index contributed by atoms with van der Waals surface area (Å²) in [7, 11) is 0. The van der Waals surface area contributed by atoms with Crippen molar-refractivity contribution in [1.82, 2.24) is 9.88 Å². The van der Waals surface area contributed by atoms with E-state index in [4.69, 9.17) is 16.3 Å². The highest BCUT2D eigenvalue weighted by atomic mass is 35.5. The van der Waals surface area contributed by atoms with Crippen LogP contribution in [0.1, 0.15) is 17.5 Å². The van der Waals surface area contributed by atoms with Crippen molar-refractivity contribution >= 4 is 34.2 Å². The van der Waals surface area contributed by atoms with Crippen LogP contribution in [0, 0.1) is 0 Å². The number of H-pyrrole nitrogens is 1.